The molecule has 0 aromatic heterocycles. The molecule has 1 aromatic carbocycles. The second-order valence-corrected chi connectivity index (χ2v) is 7.09. The first-order valence-electron chi connectivity index (χ1n) is 7.89. The predicted octanol–water partition coefficient (Wildman–Crippen LogP) is 2.44. The van der Waals surface area contributed by atoms with Gasteiger partial charge in [0.25, 0.3) is 5.91 Å². The fourth-order valence-corrected chi connectivity index (χ4v) is 2.55. The van der Waals surface area contributed by atoms with Crippen LogP contribution in [0.4, 0.5) is 0 Å². The fraction of sp³-hybridized carbons (Fsp3) is 0.556. The minimum atomic E-state index is -0.575. The molecule has 0 bridgehead atoms. The van der Waals surface area contributed by atoms with Gasteiger partial charge in [-0.05, 0) is 36.2 Å². The number of benzene rings is 1. The number of aliphatic hydroxyl groups excluding tert-OH is 1. The number of carbonyl (C=O) groups excluding carboxylic acids is 2. The van der Waals surface area contributed by atoms with Crippen LogP contribution in [0.5, 0.6) is 0 Å². The van der Waals surface area contributed by atoms with Gasteiger partial charge in [0.05, 0.1) is 0 Å². The van der Waals surface area contributed by atoms with Crippen molar-refractivity contribution in [2.45, 2.75) is 51.5 Å². The molecule has 1 atom stereocenters. The lowest BCUT2D eigenvalue weighted by molar-refractivity contribution is -0.117. The van der Waals surface area contributed by atoms with Crippen LogP contribution < -0.4 is 5.32 Å². The highest BCUT2D eigenvalue weighted by molar-refractivity contribution is 6.42. The summed E-state index contributed by atoms with van der Waals surface area (Å²) in [6, 6.07) is 7.12. The Morgan fingerprint density at radius 2 is 1.82 bits per heavy atom. The van der Waals surface area contributed by atoms with Crippen molar-refractivity contribution in [3.05, 3.63) is 35.4 Å². The molecule has 1 unspecified atom stereocenters. The molecular formula is C18H25NO3. The van der Waals surface area contributed by atoms with Crippen LogP contribution in [0.25, 0.3) is 0 Å². The zero-order chi connectivity index (χ0) is 16.3. The highest BCUT2D eigenvalue weighted by Gasteiger charge is 2.33. The summed E-state index contributed by atoms with van der Waals surface area (Å²) in [4.78, 5) is 24.3. The monoisotopic (exact) mass is 303 g/mol. The highest BCUT2D eigenvalue weighted by atomic mass is 16.3. The Bertz CT molecular complexity index is 538. The molecule has 1 saturated carbocycles. The third-order valence-electron chi connectivity index (χ3n) is 4.17. The molecule has 0 radical (unpaired) electrons. The average molecular weight is 303 g/mol. The van der Waals surface area contributed by atoms with Crippen molar-refractivity contribution in [1.29, 1.82) is 0 Å². The lowest BCUT2D eigenvalue weighted by Gasteiger charge is -2.19. The SMILES string of the molecule is CC(C)(C)c1ccc(C(=O)C(=O)NC(CCO)C2CC2)cc1. The first kappa shape index (κ1) is 16.7. The van der Waals surface area contributed by atoms with Crippen LogP contribution in [0, 0.1) is 5.92 Å². The predicted molar refractivity (Wildman–Crippen MR) is 85.8 cm³/mol. The van der Waals surface area contributed by atoms with E-state index in [9.17, 15) is 9.59 Å². The minimum Gasteiger partial charge on any atom is -0.396 e. The third kappa shape index (κ3) is 4.17. The summed E-state index contributed by atoms with van der Waals surface area (Å²) in [5, 5.41) is 11.8. The van der Waals surface area contributed by atoms with Gasteiger partial charge in [-0.2, -0.15) is 0 Å². The van der Waals surface area contributed by atoms with Gasteiger partial charge in [-0.15, -0.1) is 0 Å². The Balaban J connectivity index is 2.02. The molecule has 2 N–H and O–H groups in total. The smallest absolute Gasteiger partial charge is 0.292 e. The summed E-state index contributed by atoms with van der Waals surface area (Å²) in [6.45, 7) is 6.33. The maximum atomic E-state index is 12.2. The van der Waals surface area contributed by atoms with Gasteiger partial charge >= 0.3 is 0 Å². The van der Waals surface area contributed by atoms with Crippen LogP contribution in [0.15, 0.2) is 24.3 Å². The van der Waals surface area contributed by atoms with Gasteiger partial charge < -0.3 is 10.4 Å². The van der Waals surface area contributed by atoms with Crippen molar-refractivity contribution in [3.63, 3.8) is 0 Å². The topological polar surface area (TPSA) is 66.4 Å². The van der Waals surface area contributed by atoms with Crippen molar-refractivity contribution < 1.29 is 14.7 Å². The number of hydrogen-bond donors (Lipinski definition) is 2. The highest BCUT2D eigenvalue weighted by Crippen LogP contribution is 2.34. The number of hydrogen-bond acceptors (Lipinski definition) is 3. The van der Waals surface area contributed by atoms with Gasteiger partial charge in [0, 0.05) is 18.2 Å². The lowest BCUT2D eigenvalue weighted by atomic mass is 9.86. The molecule has 120 valence electrons. The molecule has 0 saturated heterocycles. The molecule has 4 heteroatoms. The van der Waals surface area contributed by atoms with Crippen LogP contribution in [-0.2, 0) is 10.2 Å². The Hall–Kier alpha value is -1.68. The second-order valence-electron chi connectivity index (χ2n) is 7.09. The van der Waals surface area contributed by atoms with Crippen LogP contribution in [0.3, 0.4) is 0 Å². The molecule has 2 rings (SSSR count). The molecule has 1 fully saturated rings. The van der Waals surface area contributed by atoms with Crippen molar-refractivity contribution in [1.82, 2.24) is 5.32 Å². The van der Waals surface area contributed by atoms with Crippen molar-refractivity contribution in [2.24, 2.45) is 5.92 Å². The first-order valence-corrected chi connectivity index (χ1v) is 7.89. The molecule has 0 heterocycles. The number of carbonyl (C=O) groups is 2. The van der Waals surface area contributed by atoms with E-state index >= 15 is 0 Å². The van der Waals surface area contributed by atoms with E-state index < -0.39 is 11.7 Å². The average Bonchev–Trinajstić information content (AvgIpc) is 3.29. The summed E-state index contributed by atoms with van der Waals surface area (Å²) in [7, 11) is 0. The molecule has 1 amide bonds. The molecule has 1 aromatic rings. The molecule has 4 nitrogen and oxygen atoms in total. The zero-order valence-corrected chi connectivity index (χ0v) is 13.6. The van der Waals surface area contributed by atoms with Gasteiger partial charge in [0.2, 0.25) is 5.78 Å². The van der Waals surface area contributed by atoms with Crippen LogP contribution in [0.2, 0.25) is 0 Å². The molecule has 22 heavy (non-hydrogen) atoms. The lowest BCUT2D eigenvalue weighted by Crippen LogP contribution is -2.41. The van der Waals surface area contributed by atoms with Crippen LogP contribution in [-0.4, -0.2) is 29.4 Å². The normalized spacial score (nSPS) is 16.2. The number of rotatable bonds is 6. The summed E-state index contributed by atoms with van der Waals surface area (Å²) >= 11 is 0. The first-order chi connectivity index (χ1) is 10.3. The molecule has 0 spiro atoms. The van der Waals surface area contributed by atoms with E-state index in [0.717, 1.165) is 18.4 Å². The van der Waals surface area contributed by atoms with Gasteiger partial charge in [0.15, 0.2) is 0 Å². The largest absolute Gasteiger partial charge is 0.396 e. The summed E-state index contributed by atoms with van der Waals surface area (Å²) in [5.41, 5.74) is 1.55. The fourth-order valence-electron chi connectivity index (χ4n) is 2.55. The van der Waals surface area contributed by atoms with Crippen molar-refractivity contribution in [3.8, 4) is 0 Å². The number of nitrogens with one attached hydrogen (secondary N) is 1. The van der Waals surface area contributed by atoms with E-state index in [-0.39, 0.29) is 18.1 Å². The zero-order valence-electron chi connectivity index (χ0n) is 13.6. The van der Waals surface area contributed by atoms with Gasteiger partial charge in [-0.25, -0.2) is 0 Å². The van der Waals surface area contributed by atoms with E-state index in [1.54, 1.807) is 12.1 Å². The quantitative estimate of drug-likeness (QED) is 0.626. The summed E-state index contributed by atoms with van der Waals surface area (Å²) < 4.78 is 0. The van der Waals surface area contributed by atoms with Gasteiger partial charge in [-0.1, -0.05) is 45.0 Å². The standard InChI is InChI=1S/C18H25NO3/c1-18(2,3)14-8-6-13(7-9-14)16(21)17(22)19-15(10-11-20)12-4-5-12/h6-9,12,15,20H,4-5,10-11H2,1-3H3,(H,19,22). The van der Waals surface area contributed by atoms with Crippen molar-refractivity contribution in [2.75, 3.05) is 6.61 Å². The Morgan fingerprint density at radius 1 is 1.23 bits per heavy atom. The number of amides is 1. The number of ketones is 1. The summed E-state index contributed by atoms with van der Waals surface area (Å²) in [5.74, 6) is -0.676. The third-order valence-corrected chi connectivity index (χ3v) is 4.17. The maximum absolute atomic E-state index is 12.2. The molecule has 1 aliphatic rings. The molecule has 1 aliphatic carbocycles. The molecular weight excluding hydrogens is 278 g/mol. The van der Waals surface area contributed by atoms with E-state index in [2.05, 4.69) is 26.1 Å². The van der Waals surface area contributed by atoms with E-state index in [0.29, 0.717) is 17.9 Å². The molecule has 0 aliphatic heterocycles. The number of Topliss-reactive ketones (excluding diaryl/α,β-unsaturated/α-hetero) is 1. The van der Waals surface area contributed by atoms with E-state index in [1.807, 2.05) is 12.1 Å². The van der Waals surface area contributed by atoms with E-state index in [4.69, 9.17) is 5.11 Å². The Labute approximate surface area is 131 Å². The number of aliphatic hydroxyl groups is 1. The van der Waals surface area contributed by atoms with Gasteiger partial charge in [0.1, 0.15) is 0 Å². The Kier molecular flexibility index (Phi) is 5.01. The Morgan fingerprint density at radius 3 is 2.27 bits per heavy atom. The summed E-state index contributed by atoms with van der Waals surface area (Å²) in [6.07, 6.45) is 2.62. The second kappa shape index (κ2) is 6.61. The van der Waals surface area contributed by atoms with Crippen molar-refractivity contribution >= 4 is 11.7 Å². The van der Waals surface area contributed by atoms with Crippen LogP contribution in [0.1, 0.15) is 56.0 Å². The van der Waals surface area contributed by atoms with Gasteiger partial charge in [-0.3, -0.25) is 9.59 Å². The maximum Gasteiger partial charge on any atom is 0.292 e. The van der Waals surface area contributed by atoms with Crippen LogP contribution >= 0.6 is 0 Å². The minimum absolute atomic E-state index is 0.0159. The van der Waals surface area contributed by atoms with E-state index in [1.165, 1.54) is 0 Å².